The van der Waals surface area contributed by atoms with E-state index in [2.05, 4.69) is 9.62 Å². The fourth-order valence-corrected chi connectivity index (χ4v) is 6.90. The van der Waals surface area contributed by atoms with E-state index in [1.54, 1.807) is 51.1 Å². The summed E-state index contributed by atoms with van der Waals surface area (Å²) in [6.07, 6.45) is 5.38. The van der Waals surface area contributed by atoms with Gasteiger partial charge in [0.1, 0.15) is 11.6 Å². The van der Waals surface area contributed by atoms with Gasteiger partial charge in [0.25, 0.3) is 5.91 Å². The van der Waals surface area contributed by atoms with Crippen molar-refractivity contribution in [3.63, 3.8) is 0 Å². The van der Waals surface area contributed by atoms with Crippen molar-refractivity contribution in [2.75, 3.05) is 22.9 Å². The molecule has 1 aliphatic heterocycles. The molecule has 1 aromatic heterocycles. The zero-order chi connectivity index (χ0) is 26.6. The molecular weight excluding hydrogens is 490 g/mol. The Morgan fingerprint density at radius 2 is 1.81 bits per heavy atom. The molecule has 4 N–H and O–H groups in total. The van der Waals surface area contributed by atoms with Crippen LogP contribution in [0.1, 0.15) is 69.7 Å². The zero-order valence-corrected chi connectivity index (χ0v) is 22.6. The molecule has 2 aromatic rings. The predicted octanol–water partition coefficient (Wildman–Crippen LogP) is 3.30. The maximum atomic E-state index is 13.1. The number of aromatic nitrogens is 1. The number of hydrogen-bond donors (Lipinski definition) is 3. The molecule has 37 heavy (non-hydrogen) atoms. The van der Waals surface area contributed by atoms with Crippen molar-refractivity contribution in [3.8, 4) is 0 Å². The fourth-order valence-electron chi connectivity index (χ4n) is 5.44. The molecule has 5 rings (SSSR count). The number of sulfonamides is 1. The van der Waals surface area contributed by atoms with E-state index in [0.717, 1.165) is 25.9 Å². The molecule has 2 heterocycles. The van der Waals surface area contributed by atoms with E-state index in [4.69, 9.17) is 10.7 Å². The monoisotopic (exact) mass is 527 g/mol. The van der Waals surface area contributed by atoms with E-state index >= 15 is 0 Å². The first kappa shape index (κ1) is 25.9. The Bertz CT molecular complexity index is 1290. The van der Waals surface area contributed by atoms with Crippen LogP contribution >= 0.6 is 0 Å². The van der Waals surface area contributed by atoms with E-state index in [-0.39, 0.29) is 10.9 Å². The number of carbonyl (C=O) groups is 1. The third kappa shape index (κ3) is 5.46. The Kier molecular flexibility index (Phi) is 6.49. The van der Waals surface area contributed by atoms with Gasteiger partial charge in [-0.05, 0) is 95.0 Å². The number of rotatable bonds is 7. The number of nitrogens with one attached hydrogen (secondary N) is 1. The summed E-state index contributed by atoms with van der Waals surface area (Å²) in [6, 6.07) is 10.2. The van der Waals surface area contributed by atoms with Crippen LogP contribution in [0.15, 0.2) is 41.3 Å². The molecule has 0 radical (unpaired) electrons. The lowest BCUT2D eigenvalue weighted by Gasteiger charge is -2.42. The van der Waals surface area contributed by atoms with Crippen LogP contribution < -0.4 is 20.3 Å². The number of pyridine rings is 1. The van der Waals surface area contributed by atoms with Crippen molar-refractivity contribution in [3.05, 3.63) is 42.0 Å². The Balaban J connectivity index is 1.53. The van der Waals surface area contributed by atoms with Gasteiger partial charge in [0.2, 0.25) is 10.0 Å². The van der Waals surface area contributed by atoms with E-state index < -0.39 is 27.6 Å². The fraction of sp³-hybridized carbons (Fsp3) is 0.556. The van der Waals surface area contributed by atoms with Gasteiger partial charge in [-0.1, -0.05) is 6.07 Å². The van der Waals surface area contributed by atoms with Crippen molar-refractivity contribution < 1.29 is 18.3 Å². The topological polar surface area (TPSA) is 129 Å². The first-order valence-corrected chi connectivity index (χ1v) is 14.5. The minimum absolute atomic E-state index is 0.0561. The Morgan fingerprint density at radius 1 is 1.14 bits per heavy atom. The van der Waals surface area contributed by atoms with Gasteiger partial charge in [-0.25, -0.2) is 18.1 Å². The van der Waals surface area contributed by atoms with E-state index in [9.17, 15) is 18.3 Å². The summed E-state index contributed by atoms with van der Waals surface area (Å²) in [4.78, 5) is 21.5. The molecule has 1 saturated heterocycles. The second-order valence-corrected chi connectivity index (χ2v) is 13.6. The Labute approximate surface area is 219 Å². The van der Waals surface area contributed by atoms with Crippen LogP contribution in [0.4, 0.5) is 17.3 Å². The van der Waals surface area contributed by atoms with E-state index in [1.807, 2.05) is 11.0 Å². The van der Waals surface area contributed by atoms with Crippen molar-refractivity contribution >= 4 is 33.3 Å². The molecule has 1 aromatic carbocycles. The highest BCUT2D eigenvalue weighted by atomic mass is 32.2. The molecule has 9 nitrogen and oxygen atoms in total. The molecule has 0 unspecified atom stereocenters. The highest BCUT2D eigenvalue weighted by Gasteiger charge is 2.45. The minimum atomic E-state index is -3.75. The quantitative estimate of drug-likeness (QED) is 0.504. The molecule has 0 atom stereocenters. The summed E-state index contributed by atoms with van der Waals surface area (Å²) < 4.78 is 28.8. The predicted molar refractivity (Wildman–Crippen MR) is 144 cm³/mol. The number of aliphatic hydroxyl groups excluding tert-OH is 1. The molecule has 3 fully saturated rings. The Morgan fingerprint density at radius 3 is 2.38 bits per heavy atom. The van der Waals surface area contributed by atoms with Crippen molar-refractivity contribution in [2.24, 2.45) is 11.1 Å². The molecule has 0 bridgehead atoms. The number of anilines is 3. The normalized spacial score (nSPS) is 23.0. The van der Waals surface area contributed by atoms with Gasteiger partial charge in [0.05, 0.1) is 16.6 Å². The number of nitrogens with two attached hydrogens (primary N) is 1. The number of carbonyl (C=O) groups excluding carboxylic acids is 1. The average Bonchev–Trinajstić information content (AvgIpc) is 3.56. The van der Waals surface area contributed by atoms with Crippen LogP contribution in [-0.4, -0.2) is 55.2 Å². The number of hydrogen-bond acceptors (Lipinski definition) is 7. The Hall–Kier alpha value is -2.69. The van der Waals surface area contributed by atoms with Crippen LogP contribution in [0.3, 0.4) is 0 Å². The largest absolute Gasteiger partial charge is 0.393 e. The van der Waals surface area contributed by atoms with Crippen molar-refractivity contribution in [1.82, 2.24) is 9.71 Å². The summed E-state index contributed by atoms with van der Waals surface area (Å²) in [6.45, 7) is 7.05. The number of benzene rings is 1. The van der Waals surface area contributed by atoms with E-state index in [1.165, 1.54) is 12.8 Å². The van der Waals surface area contributed by atoms with Gasteiger partial charge < -0.3 is 20.6 Å². The van der Waals surface area contributed by atoms with Crippen LogP contribution in [-0.2, 0) is 10.0 Å². The minimum Gasteiger partial charge on any atom is -0.393 e. The lowest BCUT2D eigenvalue weighted by molar-refractivity contribution is 0.0767. The van der Waals surface area contributed by atoms with Crippen LogP contribution in [0.2, 0.25) is 0 Å². The number of aliphatic hydroxyl groups is 1. The van der Waals surface area contributed by atoms with Gasteiger partial charge in [0, 0.05) is 30.4 Å². The number of primary amides is 1. The van der Waals surface area contributed by atoms with E-state index in [0.29, 0.717) is 41.1 Å². The SMILES string of the molecule is CC(C)(C)NS(=O)(=O)c1cccc(N(c2ccc(C(N)=O)c(N3CCC4(CC3)CC4)n2)C2CC(O)C2)c1. The summed E-state index contributed by atoms with van der Waals surface area (Å²) in [5.74, 6) is 0.651. The first-order valence-electron chi connectivity index (χ1n) is 13.0. The summed E-state index contributed by atoms with van der Waals surface area (Å²) in [7, 11) is -3.75. The van der Waals surface area contributed by atoms with Gasteiger partial charge in [-0.3, -0.25) is 4.79 Å². The van der Waals surface area contributed by atoms with Crippen molar-refractivity contribution in [2.45, 2.75) is 81.9 Å². The highest BCUT2D eigenvalue weighted by molar-refractivity contribution is 7.89. The lowest BCUT2D eigenvalue weighted by Crippen LogP contribution is -2.45. The number of nitrogens with zero attached hydrogens (tertiary/aromatic N) is 3. The van der Waals surface area contributed by atoms with Gasteiger partial charge in [0.15, 0.2) is 0 Å². The molecular formula is C27H37N5O4S. The number of amides is 1. The average molecular weight is 528 g/mol. The summed E-state index contributed by atoms with van der Waals surface area (Å²) in [5.41, 5.74) is 6.63. The third-order valence-corrected chi connectivity index (χ3v) is 9.51. The second-order valence-electron chi connectivity index (χ2n) is 11.9. The maximum absolute atomic E-state index is 13.1. The molecule has 2 saturated carbocycles. The summed E-state index contributed by atoms with van der Waals surface area (Å²) in [5, 5.41) is 10.1. The van der Waals surface area contributed by atoms with Gasteiger partial charge >= 0.3 is 0 Å². The van der Waals surface area contributed by atoms with Gasteiger partial charge in [-0.15, -0.1) is 0 Å². The lowest BCUT2D eigenvalue weighted by atomic mass is 9.87. The molecule has 1 amide bonds. The number of piperidine rings is 1. The zero-order valence-electron chi connectivity index (χ0n) is 21.8. The smallest absolute Gasteiger partial charge is 0.252 e. The molecule has 10 heteroatoms. The van der Waals surface area contributed by atoms with Crippen LogP contribution in [0.25, 0.3) is 0 Å². The van der Waals surface area contributed by atoms with Gasteiger partial charge in [-0.2, -0.15) is 0 Å². The molecule has 2 aliphatic carbocycles. The van der Waals surface area contributed by atoms with Crippen LogP contribution in [0.5, 0.6) is 0 Å². The molecule has 3 aliphatic rings. The molecule has 1 spiro atoms. The maximum Gasteiger partial charge on any atom is 0.252 e. The third-order valence-electron chi connectivity index (χ3n) is 7.75. The highest BCUT2D eigenvalue weighted by Crippen LogP contribution is 2.54. The molecule has 200 valence electrons. The standard InChI is InChI=1S/C27H37N5O4S/c1-26(2,3)30-37(35,36)21-6-4-5-18(17-21)32(19-15-20(33)16-19)23-8-7-22(24(28)34)25(29-23)31-13-11-27(9-10-27)12-14-31/h4-8,17,19-20,30,33H,9-16H2,1-3H3,(H2,28,34). The van der Waals surface area contributed by atoms with Crippen LogP contribution in [0, 0.1) is 5.41 Å². The summed E-state index contributed by atoms with van der Waals surface area (Å²) >= 11 is 0. The second kappa shape index (κ2) is 9.25. The first-order chi connectivity index (χ1) is 17.4. The van der Waals surface area contributed by atoms with Crippen molar-refractivity contribution in [1.29, 1.82) is 0 Å².